The predicted molar refractivity (Wildman–Crippen MR) is 79.3 cm³/mol. The zero-order valence-corrected chi connectivity index (χ0v) is 11.3. The molecular formula is C16H11NO2S. The molecule has 3 nitrogen and oxygen atoms in total. The molecule has 20 heavy (non-hydrogen) atoms. The maximum atomic E-state index is 10.7. The maximum absolute atomic E-state index is 10.7. The molecule has 3 rings (SSSR count). The number of pyridine rings is 1. The molecule has 0 bridgehead atoms. The van der Waals surface area contributed by atoms with Crippen LogP contribution in [0.3, 0.4) is 0 Å². The normalized spacial score (nSPS) is 10.6. The van der Waals surface area contributed by atoms with Crippen molar-refractivity contribution in [3.63, 3.8) is 0 Å². The number of carbonyl (C=O) groups is 1. The number of hydrogen-bond acceptors (Lipinski definition) is 3. The Morgan fingerprint density at radius 3 is 2.40 bits per heavy atom. The van der Waals surface area contributed by atoms with Gasteiger partial charge >= 0.3 is 5.97 Å². The molecule has 0 aliphatic heterocycles. The Hall–Kier alpha value is -2.33. The summed E-state index contributed by atoms with van der Waals surface area (Å²) in [5.74, 6) is -1.01. The van der Waals surface area contributed by atoms with Crippen LogP contribution in [0.1, 0.15) is 10.5 Å². The second-order valence-electron chi connectivity index (χ2n) is 4.30. The Morgan fingerprint density at radius 2 is 1.70 bits per heavy atom. The van der Waals surface area contributed by atoms with Gasteiger partial charge in [0.25, 0.3) is 0 Å². The number of hydrogen-bond donors (Lipinski definition) is 1. The second kappa shape index (κ2) is 5.35. The highest BCUT2D eigenvalue weighted by Crippen LogP contribution is 2.29. The minimum atomic E-state index is -1.01. The lowest BCUT2D eigenvalue weighted by atomic mass is 10.1. The molecule has 2 aromatic carbocycles. The first-order chi connectivity index (χ1) is 9.72. The molecule has 0 unspecified atom stereocenters. The van der Waals surface area contributed by atoms with Gasteiger partial charge in [0.1, 0.15) is 5.69 Å². The fraction of sp³-hybridized carbons (Fsp3) is 0. The van der Waals surface area contributed by atoms with Gasteiger partial charge in [-0.15, -0.1) is 0 Å². The summed E-state index contributed by atoms with van der Waals surface area (Å²) in [6, 6.07) is 17.7. The van der Waals surface area contributed by atoms with Gasteiger partial charge in [-0.1, -0.05) is 42.1 Å². The van der Waals surface area contributed by atoms with E-state index in [9.17, 15) is 4.79 Å². The summed E-state index contributed by atoms with van der Waals surface area (Å²) in [5, 5.41) is 11.2. The van der Waals surface area contributed by atoms with Crippen LogP contribution in [0.2, 0.25) is 0 Å². The second-order valence-corrected chi connectivity index (χ2v) is 5.44. The van der Waals surface area contributed by atoms with Gasteiger partial charge in [-0.25, -0.2) is 9.78 Å². The summed E-state index contributed by atoms with van der Waals surface area (Å²) in [6.07, 6.45) is 1.59. The van der Waals surface area contributed by atoms with E-state index in [1.807, 2.05) is 12.1 Å². The molecule has 98 valence electrons. The van der Waals surface area contributed by atoms with Gasteiger partial charge in [0, 0.05) is 16.0 Å². The summed E-state index contributed by atoms with van der Waals surface area (Å²) in [4.78, 5) is 16.7. The van der Waals surface area contributed by atoms with Crippen LogP contribution in [-0.4, -0.2) is 16.1 Å². The van der Waals surface area contributed by atoms with Gasteiger partial charge in [-0.05, 0) is 35.0 Å². The van der Waals surface area contributed by atoms with Gasteiger partial charge in [0.05, 0.1) is 0 Å². The van der Waals surface area contributed by atoms with Crippen molar-refractivity contribution in [2.75, 3.05) is 0 Å². The predicted octanol–water partition coefficient (Wildman–Crippen LogP) is 4.08. The van der Waals surface area contributed by atoms with E-state index in [0.29, 0.717) is 0 Å². The summed E-state index contributed by atoms with van der Waals surface area (Å²) >= 11 is 1.57. The van der Waals surface area contributed by atoms with Gasteiger partial charge in [0.15, 0.2) is 0 Å². The van der Waals surface area contributed by atoms with E-state index in [4.69, 9.17) is 5.11 Å². The zero-order chi connectivity index (χ0) is 13.9. The van der Waals surface area contributed by atoms with Gasteiger partial charge in [0.2, 0.25) is 0 Å². The lowest BCUT2D eigenvalue weighted by Gasteiger charge is -2.04. The van der Waals surface area contributed by atoms with E-state index >= 15 is 0 Å². The Balaban J connectivity index is 1.87. The first-order valence-corrected chi connectivity index (χ1v) is 6.90. The molecule has 0 atom stereocenters. The molecule has 1 heterocycles. The highest BCUT2D eigenvalue weighted by atomic mass is 32.2. The number of aromatic nitrogens is 1. The third-order valence-electron chi connectivity index (χ3n) is 2.91. The van der Waals surface area contributed by atoms with Gasteiger partial charge < -0.3 is 5.11 Å². The number of fused-ring (bicyclic) bond motifs is 1. The quantitative estimate of drug-likeness (QED) is 0.785. The summed E-state index contributed by atoms with van der Waals surface area (Å²) in [5.41, 5.74) is 0.0628. The van der Waals surface area contributed by atoms with E-state index in [2.05, 4.69) is 35.3 Å². The van der Waals surface area contributed by atoms with Crippen LogP contribution in [0.25, 0.3) is 10.8 Å². The number of rotatable bonds is 3. The lowest BCUT2D eigenvalue weighted by molar-refractivity contribution is 0.0690. The molecule has 4 heteroatoms. The van der Waals surface area contributed by atoms with Crippen molar-refractivity contribution < 1.29 is 9.90 Å². The van der Waals surface area contributed by atoms with Crippen LogP contribution in [0, 0.1) is 0 Å². The van der Waals surface area contributed by atoms with Crippen molar-refractivity contribution in [3.8, 4) is 0 Å². The Bertz CT molecular complexity index is 769. The Labute approximate surface area is 120 Å². The number of nitrogens with zero attached hydrogens (tertiary/aromatic N) is 1. The topological polar surface area (TPSA) is 50.2 Å². The van der Waals surface area contributed by atoms with E-state index in [1.54, 1.807) is 24.0 Å². The standard InChI is InChI=1S/C16H11NO2S/c18-16(19)15-8-7-14(10-17-15)20-13-6-5-11-3-1-2-4-12(11)9-13/h1-10H,(H,18,19). The van der Waals surface area contributed by atoms with Crippen molar-refractivity contribution in [3.05, 3.63) is 66.5 Å². The summed E-state index contributed by atoms with van der Waals surface area (Å²) in [6.45, 7) is 0. The molecule has 0 fully saturated rings. The maximum Gasteiger partial charge on any atom is 0.354 e. The Kier molecular flexibility index (Phi) is 3.39. The molecule has 0 saturated heterocycles. The SMILES string of the molecule is O=C(O)c1ccc(Sc2ccc3ccccc3c2)cn1. The molecule has 0 amide bonds. The van der Waals surface area contributed by atoms with Crippen molar-refractivity contribution in [2.24, 2.45) is 0 Å². The molecule has 0 aliphatic rings. The molecule has 0 aliphatic carbocycles. The van der Waals surface area contributed by atoms with Gasteiger partial charge in [-0.2, -0.15) is 0 Å². The number of carboxylic acid groups (broad SMARTS) is 1. The average molecular weight is 281 g/mol. The number of aromatic carboxylic acids is 1. The van der Waals surface area contributed by atoms with Crippen LogP contribution < -0.4 is 0 Å². The van der Waals surface area contributed by atoms with E-state index in [-0.39, 0.29) is 5.69 Å². The van der Waals surface area contributed by atoms with E-state index in [0.717, 1.165) is 9.79 Å². The fourth-order valence-electron chi connectivity index (χ4n) is 1.93. The van der Waals surface area contributed by atoms with Crippen LogP contribution in [-0.2, 0) is 0 Å². The van der Waals surface area contributed by atoms with Crippen LogP contribution >= 0.6 is 11.8 Å². The average Bonchev–Trinajstić information content (AvgIpc) is 2.48. The van der Waals surface area contributed by atoms with E-state index in [1.165, 1.54) is 16.8 Å². The largest absolute Gasteiger partial charge is 0.477 e. The molecule has 1 aromatic heterocycles. The highest BCUT2D eigenvalue weighted by Gasteiger charge is 2.05. The third-order valence-corrected chi connectivity index (χ3v) is 3.88. The molecule has 0 spiro atoms. The van der Waals surface area contributed by atoms with Crippen LogP contribution in [0.5, 0.6) is 0 Å². The third kappa shape index (κ3) is 2.65. The first-order valence-electron chi connectivity index (χ1n) is 6.08. The molecule has 0 radical (unpaired) electrons. The van der Waals surface area contributed by atoms with E-state index < -0.39 is 5.97 Å². The molecular weight excluding hydrogens is 270 g/mol. The van der Waals surface area contributed by atoms with Crippen LogP contribution in [0.4, 0.5) is 0 Å². The smallest absolute Gasteiger partial charge is 0.354 e. The molecule has 1 N–H and O–H groups in total. The van der Waals surface area contributed by atoms with Crippen molar-refractivity contribution in [1.82, 2.24) is 4.98 Å². The summed E-state index contributed by atoms with van der Waals surface area (Å²) in [7, 11) is 0. The van der Waals surface area contributed by atoms with Crippen LogP contribution in [0.15, 0.2) is 70.6 Å². The number of carboxylic acids is 1. The fourth-order valence-corrected chi connectivity index (χ4v) is 2.77. The summed E-state index contributed by atoms with van der Waals surface area (Å²) < 4.78 is 0. The minimum Gasteiger partial charge on any atom is -0.477 e. The van der Waals surface area contributed by atoms with Crippen molar-refractivity contribution in [1.29, 1.82) is 0 Å². The number of benzene rings is 2. The minimum absolute atomic E-state index is 0.0628. The van der Waals surface area contributed by atoms with Crippen molar-refractivity contribution >= 4 is 28.5 Å². The Morgan fingerprint density at radius 1 is 0.950 bits per heavy atom. The first kappa shape index (κ1) is 12.7. The molecule has 0 saturated carbocycles. The van der Waals surface area contributed by atoms with Gasteiger partial charge in [-0.3, -0.25) is 0 Å². The monoisotopic (exact) mass is 281 g/mol. The highest BCUT2D eigenvalue weighted by molar-refractivity contribution is 7.99. The van der Waals surface area contributed by atoms with Crippen molar-refractivity contribution in [2.45, 2.75) is 9.79 Å². The molecule has 3 aromatic rings. The zero-order valence-electron chi connectivity index (χ0n) is 10.5. The lowest BCUT2D eigenvalue weighted by Crippen LogP contribution is -1.98.